The quantitative estimate of drug-likeness (QED) is 0.507. The first-order chi connectivity index (χ1) is 9.58. The van der Waals surface area contributed by atoms with E-state index in [0.717, 1.165) is 0 Å². The summed E-state index contributed by atoms with van der Waals surface area (Å²) in [6.45, 7) is -0.542. The zero-order valence-corrected chi connectivity index (χ0v) is 10.5. The lowest BCUT2D eigenvalue weighted by molar-refractivity contribution is -0.277. The molecular weight excluding hydrogens is 268 g/mol. The second kappa shape index (κ2) is 6.29. The van der Waals surface area contributed by atoms with Crippen molar-refractivity contribution in [2.75, 3.05) is 6.61 Å². The Hall–Kier alpha value is -1.51. The Balaban J connectivity index is 2.17. The summed E-state index contributed by atoms with van der Waals surface area (Å²) in [5, 5.41) is 38.1. The highest BCUT2D eigenvalue weighted by atomic mass is 16.7. The van der Waals surface area contributed by atoms with E-state index < -0.39 is 37.3 Å². The summed E-state index contributed by atoms with van der Waals surface area (Å²) in [5.74, 6) is 0.173. The molecule has 2 rings (SSSR count). The van der Waals surface area contributed by atoms with Gasteiger partial charge in [0.2, 0.25) is 6.29 Å². The summed E-state index contributed by atoms with van der Waals surface area (Å²) in [6, 6.07) is 6.30. The van der Waals surface area contributed by atoms with E-state index in [1.165, 1.54) is 12.1 Å². The molecule has 0 unspecified atom stereocenters. The number of hydrogen-bond donors (Lipinski definition) is 4. The third kappa shape index (κ3) is 2.82. The van der Waals surface area contributed by atoms with Crippen LogP contribution in [-0.4, -0.2) is 64.0 Å². The average Bonchev–Trinajstić information content (AvgIpc) is 2.48. The first-order valence-electron chi connectivity index (χ1n) is 6.10. The van der Waals surface area contributed by atoms with E-state index in [-0.39, 0.29) is 11.3 Å². The van der Waals surface area contributed by atoms with Gasteiger partial charge < -0.3 is 29.9 Å². The van der Waals surface area contributed by atoms with E-state index >= 15 is 0 Å². The van der Waals surface area contributed by atoms with Crippen LogP contribution in [0.1, 0.15) is 10.4 Å². The van der Waals surface area contributed by atoms with Crippen LogP contribution in [0.3, 0.4) is 0 Å². The highest BCUT2D eigenvalue weighted by Crippen LogP contribution is 2.25. The molecular formula is C13H16O7. The van der Waals surface area contributed by atoms with Gasteiger partial charge in [-0.25, -0.2) is 0 Å². The van der Waals surface area contributed by atoms with Crippen molar-refractivity contribution in [2.45, 2.75) is 30.7 Å². The Morgan fingerprint density at radius 3 is 2.50 bits per heavy atom. The van der Waals surface area contributed by atoms with Crippen LogP contribution >= 0.6 is 0 Å². The van der Waals surface area contributed by atoms with Gasteiger partial charge in [0, 0.05) is 0 Å². The van der Waals surface area contributed by atoms with Crippen molar-refractivity contribution in [1.82, 2.24) is 0 Å². The summed E-state index contributed by atoms with van der Waals surface area (Å²) in [5.41, 5.74) is 0.254. The molecule has 110 valence electrons. The fourth-order valence-corrected chi connectivity index (χ4v) is 1.98. The van der Waals surface area contributed by atoms with Crippen LogP contribution in [-0.2, 0) is 4.74 Å². The summed E-state index contributed by atoms with van der Waals surface area (Å²) in [4.78, 5) is 10.9. The third-order valence-electron chi connectivity index (χ3n) is 3.14. The van der Waals surface area contributed by atoms with Crippen molar-refractivity contribution in [3.8, 4) is 5.75 Å². The number of rotatable bonds is 4. The SMILES string of the molecule is O=Cc1ccccc1O[C@@H]1O[C@H](CO)[C@H](O)[C@H](O)[C@H]1O. The molecule has 1 saturated heterocycles. The predicted molar refractivity (Wildman–Crippen MR) is 66.2 cm³/mol. The maximum atomic E-state index is 10.9. The average molecular weight is 284 g/mol. The number of aliphatic hydroxyl groups is 4. The van der Waals surface area contributed by atoms with Gasteiger partial charge in [-0.2, -0.15) is 0 Å². The molecule has 1 aliphatic heterocycles. The van der Waals surface area contributed by atoms with Crippen molar-refractivity contribution in [3.05, 3.63) is 29.8 Å². The minimum absolute atomic E-state index is 0.173. The minimum Gasteiger partial charge on any atom is -0.461 e. The Labute approximate surface area is 115 Å². The highest BCUT2D eigenvalue weighted by Gasteiger charge is 2.44. The van der Waals surface area contributed by atoms with Crippen LogP contribution in [0, 0.1) is 0 Å². The molecule has 0 aliphatic carbocycles. The molecule has 0 radical (unpaired) electrons. The van der Waals surface area contributed by atoms with Crippen molar-refractivity contribution in [3.63, 3.8) is 0 Å². The molecule has 1 aliphatic rings. The maximum absolute atomic E-state index is 10.9. The van der Waals surface area contributed by atoms with E-state index in [2.05, 4.69) is 0 Å². The highest BCUT2D eigenvalue weighted by molar-refractivity contribution is 5.79. The van der Waals surface area contributed by atoms with Crippen molar-refractivity contribution < 1.29 is 34.7 Å². The lowest BCUT2D eigenvalue weighted by Crippen LogP contribution is -2.60. The van der Waals surface area contributed by atoms with Gasteiger partial charge in [-0.15, -0.1) is 0 Å². The van der Waals surface area contributed by atoms with Crippen molar-refractivity contribution in [2.24, 2.45) is 0 Å². The second-order valence-corrected chi connectivity index (χ2v) is 4.47. The molecule has 1 aromatic rings. The minimum atomic E-state index is -1.52. The summed E-state index contributed by atoms with van der Waals surface area (Å²) < 4.78 is 10.5. The Morgan fingerprint density at radius 1 is 1.15 bits per heavy atom. The standard InChI is InChI=1S/C13H16O7/c14-5-7-3-1-2-4-8(7)19-13-12(18)11(17)10(16)9(6-15)20-13/h1-5,9-13,15-18H,6H2/t9-,10+,11+,12-,13-/m1/s1. The van der Waals surface area contributed by atoms with E-state index in [1.54, 1.807) is 12.1 Å². The van der Waals surface area contributed by atoms with Crippen LogP contribution in [0.5, 0.6) is 5.75 Å². The third-order valence-corrected chi connectivity index (χ3v) is 3.14. The number of aliphatic hydroxyl groups excluding tert-OH is 4. The molecule has 5 atom stereocenters. The van der Waals surface area contributed by atoms with Gasteiger partial charge in [0.1, 0.15) is 30.2 Å². The molecule has 20 heavy (non-hydrogen) atoms. The smallest absolute Gasteiger partial charge is 0.229 e. The molecule has 0 aromatic heterocycles. The fourth-order valence-electron chi connectivity index (χ4n) is 1.98. The zero-order valence-electron chi connectivity index (χ0n) is 10.5. The monoisotopic (exact) mass is 284 g/mol. The molecule has 1 aromatic carbocycles. The van der Waals surface area contributed by atoms with E-state index in [0.29, 0.717) is 6.29 Å². The normalized spacial score (nSPS) is 33.7. The molecule has 0 saturated carbocycles. The molecule has 1 fully saturated rings. The Kier molecular flexibility index (Phi) is 4.69. The largest absolute Gasteiger partial charge is 0.461 e. The number of para-hydroxylation sites is 1. The predicted octanol–water partition coefficient (Wildman–Crippen LogP) is -1.32. The van der Waals surface area contributed by atoms with Gasteiger partial charge >= 0.3 is 0 Å². The maximum Gasteiger partial charge on any atom is 0.229 e. The van der Waals surface area contributed by atoms with Crippen LogP contribution < -0.4 is 4.74 Å². The van der Waals surface area contributed by atoms with Gasteiger partial charge in [0.05, 0.1) is 12.2 Å². The van der Waals surface area contributed by atoms with Crippen LogP contribution in [0.15, 0.2) is 24.3 Å². The van der Waals surface area contributed by atoms with Crippen LogP contribution in [0.4, 0.5) is 0 Å². The first-order valence-corrected chi connectivity index (χ1v) is 6.10. The molecule has 0 bridgehead atoms. The van der Waals surface area contributed by atoms with Gasteiger partial charge in [-0.1, -0.05) is 12.1 Å². The number of aldehydes is 1. The fraction of sp³-hybridized carbons (Fsp3) is 0.462. The lowest BCUT2D eigenvalue weighted by atomic mass is 9.99. The summed E-state index contributed by atoms with van der Waals surface area (Å²) >= 11 is 0. The molecule has 7 heteroatoms. The molecule has 7 nitrogen and oxygen atoms in total. The topological polar surface area (TPSA) is 116 Å². The lowest BCUT2D eigenvalue weighted by Gasteiger charge is -2.39. The van der Waals surface area contributed by atoms with Crippen LogP contribution in [0.2, 0.25) is 0 Å². The number of carbonyl (C=O) groups excluding carboxylic acids is 1. The Bertz CT molecular complexity index is 462. The van der Waals surface area contributed by atoms with Gasteiger partial charge in [0.15, 0.2) is 6.29 Å². The zero-order chi connectivity index (χ0) is 14.7. The number of hydrogen-bond acceptors (Lipinski definition) is 7. The van der Waals surface area contributed by atoms with E-state index in [1.807, 2.05) is 0 Å². The Morgan fingerprint density at radius 2 is 1.85 bits per heavy atom. The first kappa shape index (κ1) is 14.9. The molecule has 4 N–H and O–H groups in total. The van der Waals surface area contributed by atoms with Crippen molar-refractivity contribution >= 4 is 6.29 Å². The van der Waals surface area contributed by atoms with Gasteiger partial charge in [-0.3, -0.25) is 4.79 Å². The number of benzene rings is 1. The molecule has 0 spiro atoms. The van der Waals surface area contributed by atoms with Crippen molar-refractivity contribution in [1.29, 1.82) is 0 Å². The summed E-state index contributed by atoms with van der Waals surface area (Å²) in [7, 11) is 0. The molecule has 0 amide bonds. The van der Waals surface area contributed by atoms with Gasteiger partial charge in [0.25, 0.3) is 0 Å². The number of carbonyl (C=O) groups is 1. The second-order valence-electron chi connectivity index (χ2n) is 4.47. The van der Waals surface area contributed by atoms with Crippen LogP contribution in [0.25, 0.3) is 0 Å². The number of ether oxygens (including phenoxy) is 2. The van der Waals surface area contributed by atoms with E-state index in [9.17, 15) is 20.1 Å². The van der Waals surface area contributed by atoms with E-state index in [4.69, 9.17) is 14.6 Å². The molecule has 1 heterocycles. The van der Waals surface area contributed by atoms with Gasteiger partial charge in [-0.05, 0) is 12.1 Å². The summed E-state index contributed by atoms with van der Waals surface area (Å²) in [6.07, 6.45) is -6.24.